The van der Waals surface area contributed by atoms with E-state index < -0.39 is 5.97 Å². The van der Waals surface area contributed by atoms with E-state index in [2.05, 4.69) is 19.7 Å². The molecule has 0 saturated heterocycles. The van der Waals surface area contributed by atoms with Crippen molar-refractivity contribution in [1.82, 2.24) is 9.69 Å². The van der Waals surface area contributed by atoms with Gasteiger partial charge in [-0.2, -0.15) is 4.37 Å². The Labute approximate surface area is 207 Å². The molecular formula is C24H27N3O7S. The Bertz CT molecular complexity index is 1170. The lowest BCUT2D eigenvalue weighted by molar-refractivity contribution is -0.139. The van der Waals surface area contributed by atoms with Crippen molar-refractivity contribution in [3.05, 3.63) is 36.5 Å². The molecule has 1 heterocycles. The highest BCUT2D eigenvalue weighted by molar-refractivity contribution is 7.10. The van der Waals surface area contributed by atoms with Gasteiger partial charge < -0.3 is 29.0 Å². The predicted molar refractivity (Wildman–Crippen MR) is 133 cm³/mol. The number of nitrogens with zero attached hydrogens (tertiary/aromatic N) is 1. The van der Waals surface area contributed by atoms with Crippen molar-refractivity contribution in [2.24, 2.45) is 0 Å². The van der Waals surface area contributed by atoms with Crippen LogP contribution in [-0.4, -0.2) is 64.9 Å². The molecule has 0 aliphatic rings. The zero-order chi connectivity index (χ0) is 25.4. The molecule has 0 fully saturated rings. The molecule has 186 valence electrons. The zero-order valence-electron chi connectivity index (χ0n) is 20.1. The number of rotatable bonds is 11. The normalized spacial score (nSPS) is 10.4. The van der Waals surface area contributed by atoms with Crippen LogP contribution in [0.1, 0.15) is 0 Å². The maximum atomic E-state index is 12.4. The van der Waals surface area contributed by atoms with E-state index >= 15 is 0 Å². The summed E-state index contributed by atoms with van der Waals surface area (Å²) >= 11 is 1.32. The van der Waals surface area contributed by atoms with Crippen LogP contribution in [0.2, 0.25) is 0 Å². The van der Waals surface area contributed by atoms with Gasteiger partial charge in [0.15, 0.2) is 11.5 Å². The predicted octanol–water partition coefficient (Wildman–Crippen LogP) is 3.21. The van der Waals surface area contributed by atoms with E-state index in [9.17, 15) is 9.59 Å². The number of carbonyl (C=O) groups excluding carboxylic acids is 2. The Morgan fingerprint density at radius 2 is 1.54 bits per heavy atom. The van der Waals surface area contributed by atoms with Crippen LogP contribution in [0.25, 0.3) is 21.6 Å². The Morgan fingerprint density at radius 3 is 2.14 bits per heavy atom. The SMILES string of the molecule is COC(=O)CNCC(=O)Nc1cc(-c2cnsc2-c2cc(OC)c(OC)c(OC)c2)ccc1OC. The van der Waals surface area contributed by atoms with Crippen molar-refractivity contribution in [3.8, 4) is 44.6 Å². The third-order valence-corrected chi connectivity index (χ3v) is 5.91. The number of ether oxygens (including phenoxy) is 5. The van der Waals surface area contributed by atoms with Gasteiger partial charge in [0.2, 0.25) is 11.7 Å². The van der Waals surface area contributed by atoms with E-state index in [0.717, 1.165) is 21.6 Å². The van der Waals surface area contributed by atoms with E-state index in [0.29, 0.717) is 28.7 Å². The second-order valence-electron chi connectivity index (χ2n) is 7.13. The molecule has 1 amide bonds. The summed E-state index contributed by atoms with van der Waals surface area (Å²) in [6.07, 6.45) is 1.76. The topological polar surface area (TPSA) is 117 Å². The van der Waals surface area contributed by atoms with Crippen LogP contribution in [0, 0.1) is 0 Å². The molecular weight excluding hydrogens is 474 g/mol. The molecule has 0 spiro atoms. The van der Waals surface area contributed by atoms with Crippen molar-refractivity contribution in [2.45, 2.75) is 0 Å². The largest absolute Gasteiger partial charge is 0.495 e. The fraction of sp³-hybridized carbons (Fsp3) is 0.292. The van der Waals surface area contributed by atoms with Gasteiger partial charge in [-0.05, 0) is 41.4 Å². The van der Waals surface area contributed by atoms with Gasteiger partial charge in [0.1, 0.15) is 5.75 Å². The van der Waals surface area contributed by atoms with Gasteiger partial charge in [0.05, 0.1) is 59.2 Å². The van der Waals surface area contributed by atoms with Gasteiger partial charge in [0.25, 0.3) is 0 Å². The summed E-state index contributed by atoms with van der Waals surface area (Å²) in [6, 6.07) is 9.18. The average molecular weight is 502 g/mol. The number of esters is 1. The van der Waals surface area contributed by atoms with Gasteiger partial charge in [-0.25, -0.2) is 0 Å². The van der Waals surface area contributed by atoms with Crippen molar-refractivity contribution in [3.63, 3.8) is 0 Å². The van der Waals surface area contributed by atoms with E-state index in [-0.39, 0.29) is 19.0 Å². The molecule has 10 nitrogen and oxygen atoms in total. The number of aromatic nitrogens is 1. The van der Waals surface area contributed by atoms with Crippen LogP contribution in [0.3, 0.4) is 0 Å². The average Bonchev–Trinajstić information content (AvgIpc) is 3.37. The van der Waals surface area contributed by atoms with Crippen LogP contribution in [0.5, 0.6) is 23.0 Å². The second-order valence-corrected chi connectivity index (χ2v) is 7.93. The lowest BCUT2D eigenvalue weighted by Crippen LogP contribution is -2.32. The van der Waals surface area contributed by atoms with E-state index in [1.54, 1.807) is 33.6 Å². The molecule has 3 aromatic rings. The highest BCUT2D eigenvalue weighted by Crippen LogP contribution is 2.45. The smallest absolute Gasteiger partial charge is 0.319 e. The van der Waals surface area contributed by atoms with Crippen molar-refractivity contribution >= 4 is 29.1 Å². The number of nitrogens with one attached hydrogen (secondary N) is 2. The number of amides is 1. The van der Waals surface area contributed by atoms with Crippen LogP contribution < -0.4 is 29.6 Å². The van der Waals surface area contributed by atoms with E-state index in [1.165, 1.54) is 25.8 Å². The van der Waals surface area contributed by atoms with Crippen LogP contribution in [0.4, 0.5) is 5.69 Å². The molecule has 0 unspecified atom stereocenters. The first-order valence-corrected chi connectivity index (χ1v) is 11.2. The summed E-state index contributed by atoms with van der Waals surface area (Å²) in [6.45, 7) is -0.140. The van der Waals surface area contributed by atoms with Crippen LogP contribution in [-0.2, 0) is 14.3 Å². The van der Waals surface area contributed by atoms with Gasteiger partial charge in [-0.1, -0.05) is 6.07 Å². The summed E-state index contributed by atoms with van der Waals surface area (Å²) in [7, 11) is 7.48. The van der Waals surface area contributed by atoms with Gasteiger partial charge in [-0.3, -0.25) is 14.9 Å². The number of hydrogen-bond donors (Lipinski definition) is 2. The van der Waals surface area contributed by atoms with E-state index in [4.69, 9.17) is 18.9 Å². The van der Waals surface area contributed by atoms with Gasteiger partial charge >= 0.3 is 5.97 Å². The number of methoxy groups -OCH3 is 5. The first kappa shape index (κ1) is 25.8. The summed E-state index contributed by atoms with van der Waals surface area (Å²) in [4.78, 5) is 24.5. The molecule has 0 bridgehead atoms. The lowest BCUT2D eigenvalue weighted by atomic mass is 10.0. The first-order valence-electron chi connectivity index (χ1n) is 10.5. The van der Waals surface area contributed by atoms with Crippen molar-refractivity contribution in [1.29, 1.82) is 0 Å². The Balaban J connectivity index is 1.92. The minimum absolute atomic E-state index is 0.0696. The van der Waals surface area contributed by atoms with Crippen molar-refractivity contribution in [2.75, 3.05) is 54.0 Å². The molecule has 0 aliphatic heterocycles. The zero-order valence-corrected chi connectivity index (χ0v) is 20.9. The highest BCUT2D eigenvalue weighted by atomic mass is 32.1. The minimum atomic E-state index is -0.457. The maximum absolute atomic E-state index is 12.4. The number of anilines is 1. The standard InChI is InChI=1S/C24H27N3O7S/c1-30-18-7-6-14(8-17(18)27-21(28)12-25-13-22(29)33-4)16-11-26-35-24(16)15-9-19(31-2)23(34-5)20(10-15)32-3/h6-11,25H,12-13H2,1-5H3,(H,27,28). The number of benzene rings is 2. The molecule has 0 saturated carbocycles. The van der Waals surface area contributed by atoms with E-state index in [1.807, 2.05) is 24.3 Å². The summed E-state index contributed by atoms with van der Waals surface area (Å²) in [5, 5.41) is 5.54. The Morgan fingerprint density at radius 1 is 0.857 bits per heavy atom. The van der Waals surface area contributed by atoms with Crippen LogP contribution >= 0.6 is 11.5 Å². The molecule has 35 heavy (non-hydrogen) atoms. The molecule has 1 aromatic heterocycles. The first-order chi connectivity index (χ1) is 16.9. The number of carbonyl (C=O) groups is 2. The highest BCUT2D eigenvalue weighted by Gasteiger charge is 2.19. The molecule has 2 aromatic carbocycles. The van der Waals surface area contributed by atoms with Gasteiger partial charge in [-0.15, -0.1) is 0 Å². The number of hydrogen-bond acceptors (Lipinski definition) is 10. The lowest BCUT2D eigenvalue weighted by Gasteiger charge is -2.15. The molecule has 2 N–H and O–H groups in total. The molecule has 11 heteroatoms. The van der Waals surface area contributed by atoms with Gasteiger partial charge in [0, 0.05) is 17.3 Å². The molecule has 3 rings (SSSR count). The maximum Gasteiger partial charge on any atom is 0.319 e. The van der Waals surface area contributed by atoms with Crippen molar-refractivity contribution < 1.29 is 33.3 Å². The third kappa shape index (κ3) is 6.00. The third-order valence-electron chi connectivity index (χ3n) is 5.06. The molecule has 0 radical (unpaired) electrons. The minimum Gasteiger partial charge on any atom is -0.495 e. The summed E-state index contributed by atoms with van der Waals surface area (Å²) < 4.78 is 30.8. The van der Waals surface area contributed by atoms with Crippen LogP contribution in [0.15, 0.2) is 36.5 Å². The summed E-state index contributed by atoms with van der Waals surface area (Å²) in [5.74, 6) is 1.26. The molecule has 0 aliphatic carbocycles. The Hall–Kier alpha value is -3.83. The quantitative estimate of drug-likeness (QED) is 0.382. The fourth-order valence-corrected chi connectivity index (χ4v) is 4.14. The monoisotopic (exact) mass is 501 g/mol. The Kier molecular flexibility index (Phi) is 8.87. The second kappa shape index (κ2) is 12.0. The molecule has 0 atom stereocenters. The summed E-state index contributed by atoms with van der Waals surface area (Å²) in [5.41, 5.74) is 3.00. The fourth-order valence-electron chi connectivity index (χ4n) is 3.38.